The van der Waals surface area contributed by atoms with Gasteiger partial charge >= 0.3 is 0 Å². The van der Waals surface area contributed by atoms with Crippen molar-refractivity contribution in [2.24, 2.45) is 0 Å². The van der Waals surface area contributed by atoms with Gasteiger partial charge in [-0.25, -0.2) is 0 Å². The molecule has 0 heteroatoms. The number of hydrogen-bond donors (Lipinski definition) is 0. The van der Waals surface area contributed by atoms with Gasteiger partial charge in [0.05, 0.1) is 0 Å². The Bertz CT molecular complexity index is 545. The summed E-state index contributed by atoms with van der Waals surface area (Å²) in [5.41, 5.74) is 2.55. The van der Waals surface area contributed by atoms with Crippen molar-refractivity contribution in [3.63, 3.8) is 0 Å². The van der Waals surface area contributed by atoms with Crippen molar-refractivity contribution in [2.45, 2.75) is 13.8 Å². The van der Waals surface area contributed by atoms with Gasteiger partial charge in [-0.3, -0.25) is 0 Å². The van der Waals surface area contributed by atoms with Gasteiger partial charge in [0, 0.05) is 0 Å². The zero-order chi connectivity index (χ0) is 11.4. The van der Waals surface area contributed by atoms with E-state index in [4.69, 9.17) is 0 Å². The number of rotatable bonds is 2. The summed E-state index contributed by atoms with van der Waals surface area (Å²) in [6.45, 7) is 4.12. The van der Waals surface area contributed by atoms with Crippen LogP contribution in [0.4, 0.5) is 0 Å². The van der Waals surface area contributed by atoms with Crippen LogP contribution in [0, 0.1) is 0 Å². The lowest BCUT2D eigenvalue weighted by Crippen LogP contribution is -1.81. The van der Waals surface area contributed by atoms with E-state index in [1.165, 1.54) is 21.9 Å². The summed E-state index contributed by atoms with van der Waals surface area (Å²) in [6, 6.07) is 15.0. The van der Waals surface area contributed by atoms with Gasteiger partial charge in [-0.05, 0) is 41.8 Å². The zero-order valence-electron chi connectivity index (χ0n) is 9.77. The molecule has 2 aromatic rings. The maximum absolute atomic E-state index is 2.24. The Kier molecular flexibility index (Phi) is 3.21. The molecule has 0 amide bonds. The van der Waals surface area contributed by atoms with Crippen molar-refractivity contribution < 1.29 is 0 Å². The van der Waals surface area contributed by atoms with Crippen LogP contribution < -0.4 is 0 Å². The Morgan fingerprint density at radius 2 is 1.69 bits per heavy atom. The maximum Gasteiger partial charge on any atom is -0.0178 e. The van der Waals surface area contributed by atoms with Gasteiger partial charge in [0.15, 0.2) is 0 Å². The van der Waals surface area contributed by atoms with Crippen molar-refractivity contribution in [1.29, 1.82) is 0 Å². The van der Waals surface area contributed by atoms with E-state index in [1.54, 1.807) is 0 Å². The lowest BCUT2D eigenvalue weighted by molar-refractivity contribution is 1.61. The quantitative estimate of drug-likeness (QED) is 0.621. The first kappa shape index (κ1) is 10.7. The second kappa shape index (κ2) is 4.80. The minimum Gasteiger partial charge on any atom is -0.0871 e. The van der Waals surface area contributed by atoms with Crippen molar-refractivity contribution in [3.8, 4) is 0 Å². The summed E-state index contributed by atoms with van der Waals surface area (Å²) in [4.78, 5) is 0. The van der Waals surface area contributed by atoms with Crippen LogP contribution in [-0.4, -0.2) is 0 Å². The molecule has 80 valence electrons. The molecule has 0 aliphatic carbocycles. The van der Waals surface area contributed by atoms with Crippen LogP contribution >= 0.6 is 0 Å². The van der Waals surface area contributed by atoms with Crippen molar-refractivity contribution >= 4 is 16.3 Å². The number of benzene rings is 2. The monoisotopic (exact) mass is 208 g/mol. The van der Waals surface area contributed by atoms with Gasteiger partial charge in [-0.1, -0.05) is 54.6 Å². The fraction of sp³-hybridized carbons (Fsp3) is 0.125. The van der Waals surface area contributed by atoms with E-state index in [0.29, 0.717) is 0 Å². The lowest BCUT2D eigenvalue weighted by atomic mass is 10.0. The predicted molar refractivity (Wildman–Crippen MR) is 72.4 cm³/mol. The molecule has 0 saturated heterocycles. The molecular formula is C16H16. The largest absolute Gasteiger partial charge is 0.0871 e. The molecule has 16 heavy (non-hydrogen) atoms. The summed E-state index contributed by atoms with van der Waals surface area (Å²) in [5.74, 6) is 0. The van der Waals surface area contributed by atoms with E-state index in [0.717, 1.165) is 0 Å². The summed E-state index contributed by atoms with van der Waals surface area (Å²) < 4.78 is 0. The highest BCUT2D eigenvalue weighted by Gasteiger charge is 1.98. The first-order valence-corrected chi connectivity index (χ1v) is 5.63. The fourth-order valence-electron chi connectivity index (χ4n) is 1.91. The molecule has 0 atom stereocenters. The Balaban J connectivity index is 2.54. The molecular weight excluding hydrogens is 192 g/mol. The van der Waals surface area contributed by atoms with E-state index in [1.807, 2.05) is 6.92 Å². The highest BCUT2D eigenvalue weighted by Crippen LogP contribution is 2.21. The summed E-state index contributed by atoms with van der Waals surface area (Å²) in [6.07, 6.45) is 6.36. The Morgan fingerprint density at radius 3 is 2.38 bits per heavy atom. The summed E-state index contributed by atoms with van der Waals surface area (Å²) in [5, 5.41) is 2.59. The lowest BCUT2D eigenvalue weighted by Gasteiger charge is -2.04. The third-order valence-electron chi connectivity index (χ3n) is 2.74. The van der Waals surface area contributed by atoms with Crippen LogP contribution in [0.3, 0.4) is 0 Å². The Morgan fingerprint density at radius 1 is 0.938 bits per heavy atom. The molecule has 0 saturated carbocycles. The van der Waals surface area contributed by atoms with E-state index < -0.39 is 0 Å². The highest BCUT2D eigenvalue weighted by molar-refractivity contribution is 5.87. The van der Waals surface area contributed by atoms with Crippen molar-refractivity contribution in [2.75, 3.05) is 0 Å². The Labute approximate surface area is 96.9 Å². The molecule has 0 nitrogen and oxygen atoms in total. The Hall–Kier alpha value is -1.82. The second-order valence-corrected chi connectivity index (χ2v) is 3.81. The summed E-state index contributed by atoms with van der Waals surface area (Å²) >= 11 is 0. The van der Waals surface area contributed by atoms with Gasteiger partial charge in [-0.2, -0.15) is 0 Å². The van der Waals surface area contributed by atoms with Crippen LogP contribution in [0.2, 0.25) is 0 Å². The summed E-state index contributed by atoms with van der Waals surface area (Å²) in [7, 11) is 0. The van der Waals surface area contributed by atoms with Gasteiger partial charge in [0.1, 0.15) is 0 Å². The zero-order valence-corrected chi connectivity index (χ0v) is 9.77. The van der Waals surface area contributed by atoms with E-state index in [-0.39, 0.29) is 0 Å². The highest BCUT2D eigenvalue weighted by atomic mass is 14.0. The molecule has 0 unspecified atom stereocenters. The molecule has 0 heterocycles. The van der Waals surface area contributed by atoms with Gasteiger partial charge in [-0.15, -0.1) is 0 Å². The van der Waals surface area contributed by atoms with Crippen LogP contribution in [0.5, 0.6) is 0 Å². The van der Waals surface area contributed by atoms with Crippen molar-refractivity contribution in [3.05, 3.63) is 66.3 Å². The van der Waals surface area contributed by atoms with E-state index >= 15 is 0 Å². The molecule has 0 N–H and O–H groups in total. The number of fused-ring (bicyclic) bond motifs is 1. The smallest absolute Gasteiger partial charge is 0.0178 e. The average Bonchev–Trinajstić information content (AvgIpc) is 2.35. The van der Waals surface area contributed by atoms with Crippen LogP contribution in [-0.2, 0) is 0 Å². The van der Waals surface area contributed by atoms with Gasteiger partial charge < -0.3 is 0 Å². The van der Waals surface area contributed by atoms with E-state index in [9.17, 15) is 0 Å². The molecule has 2 aromatic carbocycles. The molecule has 0 bridgehead atoms. The number of allylic oxidation sites excluding steroid dienone is 4. The average molecular weight is 208 g/mol. The van der Waals surface area contributed by atoms with E-state index in [2.05, 4.69) is 67.6 Å². The van der Waals surface area contributed by atoms with Gasteiger partial charge in [0.2, 0.25) is 0 Å². The molecule has 0 fully saturated rings. The first-order chi connectivity index (χ1) is 7.85. The molecule has 0 aromatic heterocycles. The fourth-order valence-corrected chi connectivity index (χ4v) is 1.91. The molecule has 2 rings (SSSR count). The molecule has 0 aliphatic heterocycles. The topological polar surface area (TPSA) is 0 Å². The minimum absolute atomic E-state index is 1.27. The minimum atomic E-state index is 1.27. The molecule has 0 aliphatic rings. The molecule has 0 spiro atoms. The first-order valence-electron chi connectivity index (χ1n) is 5.63. The third kappa shape index (κ3) is 2.06. The predicted octanol–water partition coefficient (Wildman–Crippen LogP) is 4.82. The normalized spacial score (nSPS) is 12.5. The number of hydrogen-bond acceptors (Lipinski definition) is 0. The SMILES string of the molecule is C/C=C\C(=C/C)c1ccc2ccccc2c1. The van der Waals surface area contributed by atoms with Crippen LogP contribution in [0.25, 0.3) is 16.3 Å². The standard InChI is InChI=1S/C16H16/c1-3-7-13(4-2)16-11-10-14-8-5-6-9-15(14)12-16/h3-12H,1-2H3/b7-3-,13-4+. The maximum atomic E-state index is 2.24. The molecule has 0 radical (unpaired) electrons. The third-order valence-corrected chi connectivity index (χ3v) is 2.74. The van der Waals surface area contributed by atoms with Crippen molar-refractivity contribution in [1.82, 2.24) is 0 Å². The second-order valence-electron chi connectivity index (χ2n) is 3.81. The van der Waals surface area contributed by atoms with Crippen LogP contribution in [0.15, 0.2) is 60.7 Å². The van der Waals surface area contributed by atoms with Gasteiger partial charge in [0.25, 0.3) is 0 Å². The van der Waals surface area contributed by atoms with Crippen LogP contribution in [0.1, 0.15) is 19.4 Å².